The van der Waals surface area contributed by atoms with Crippen molar-refractivity contribution in [1.29, 1.82) is 0 Å². The second kappa shape index (κ2) is 7.78. The van der Waals surface area contributed by atoms with Gasteiger partial charge < -0.3 is 0 Å². The van der Waals surface area contributed by atoms with Crippen LogP contribution in [0.2, 0.25) is 0 Å². The van der Waals surface area contributed by atoms with Crippen molar-refractivity contribution in [1.82, 2.24) is 0 Å². The van der Waals surface area contributed by atoms with Gasteiger partial charge in [0.2, 0.25) is 0 Å². The summed E-state index contributed by atoms with van der Waals surface area (Å²) in [6, 6.07) is 28.1. The number of rotatable bonds is 6. The Morgan fingerprint density at radius 1 is 0.478 bits per heavy atom. The molecule has 3 rings (SSSR count). The van der Waals surface area contributed by atoms with Crippen molar-refractivity contribution in [2.24, 2.45) is 1.70 Å². The molecule has 0 fully saturated rings. The fraction of sp³-hybridized carbons (Fsp3) is 0. The van der Waals surface area contributed by atoms with Gasteiger partial charge in [-0.3, -0.25) is 0 Å². The van der Waals surface area contributed by atoms with E-state index in [1.54, 1.807) is 0 Å². The van der Waals surface area contributed by atoms with Crippen molar-refractivity contribution in [2.45, 2.75) is 0 Å². The number of para-hydroxylation sites is 3. The third-order valence-electron chi connectivity index (χ3n) is 3.01. The molecule has 0 radical (unpaired) electrons. The van der Waals surface area contributed by atoms with Crippen molar-refractivity contribution in [3.63, 3.8) is 0 Å². The van der Waals surface area contributed by atoms with E-state index in [0.29, 0.717) is 17.2 Å². The van der Waals surface area contributed by atoms with Crippen LogP contribution in [0.3, 0.4) is 0 Å². The SMILES string of the molecule is [NH2][Ce]([O]c1ccccc1)([O]c1ccccc1)[O]c1ccccc1. The molecule has 116 valence electrons. The van der Waals surface area contributed by atoms with Gasteiger partial charge in [0.1, 0.15) is 0 Å². The second-order valence-corrected chi connectivity index (χ2v) is 10.6. The molecule has 5 heteroatoms. The number of hydrogen-bond acceptors (Lipinski definition) is 4. The standard InChI is InChI=1S/3C6H6O.Ce.H2N/c3*7-6-4-2-1-3-5-6;;/h3*1-5,7H;;1H2/q;;;+4;-1/p-3. The summed E-state index contributed by atoms with van der Waals surface area (Å²) in [5.74, 6) is 1.93. The van der Waals surface area contributed by atoms with E-state index in [0.717, 1.165) is 0 Å². The molecule has 0 aliphatic heterocycles. The molecule has 0 aliphatic carbocycles. The van der Waals surface area contributed by atoms with Gasteiger partial charge >= 0.3 is 148 Å². The zero-order valence-corrected chi connectivity index (χ0v) is 15.6. The quantitative estimate of drug-likeness (QED) is 0.636. The molecule has 3 aromatic rings. The molecular formula is C18H17CeNO3. The van der Waals surface area contributed by atoms with E-state index in [-0.39, 0.29) is 0 Å². The monoisotopic (exact) mass is 435 g/mol. The van der Waals surface area contributed by atoms with Gasteiger partial charge in [-0.05, 0) is 0 Å². The van der Waals surface area contributed by atoms with E-state index in [9.17, 15) is 0 Å². The van der Waals surface area contributed by atoms with Gasteiger partial charge in [0, 0.05) is 0 Å². The van der Waals surface area contributed by atoms with Crippen LogP contribution in [0.15, 0.2) is 91.0 Å². The molecule has 0 aliphatic rings. The first-order chi connectivity index (χ1) is 11.2. The Balaban J connectivity index is 1.85. The van der Waals surface area contributed by atoms with E-state index in [1.165, 1.54) is 0 Å². The van der Waals surface area contributed by atoms with Gasteiger partial charge in [0.05, 0.1) is 0 Å². The average Bonchev–Trinajstić information content (AvgIpc) is 2.57. The van der Waals surface area contributed by atoms with Crippen LogP contribution >= 0.6 is 0 Å². The predicted molar refractivity (Wildman–Crippen MR) is 85.4 cm³/mol. The van der Waals surface area contributed by atoms with E-state index in [4.69, 9.17) is 4.55 Å². The van der Waals surface area contributed by atoms with E-state index in [2.05, 4.69) is 0 Å². The minimum atomic E-state index is -4.48. The van der Waals surface area contributed by atoms with Crippen molar-refractivity contribution in [3.8, 4) is 17.2 Å². The first kappa shape index (κ1) is 16.3. The maximum atomic E-state index is 6.45. The summed E-state index contributed by atoms with van der Waals surface area (Å²) in [4.78, 5) is 0. The van der Waals surface area contributed by atoms with Crippen molar-refractivity contribution < 1.29 is 38.4 Å². The molecule has 0 aromatic heterocycles. The molecule has 0 amide bonds. The topological polar surface area (TPSA) is 53.7 Å². The van der Waals surface area contributed by atoms with Crippen LogP contribution in [-0.4, -0.2) is 0 Å². The van der Waals surface area contributed by atoms with Crippen molar-refractivity contribution in [3.05, 3.63) is 91.0 Å². The van der Waals surface area contributed by atoms with Crippen LogP contribution in [0.4, 0.5) is 0 Å². The Bertz CT molecular complexity index is 622. The van der Waals surface area contributed by atoms with E-state index < -0.39 is 35.5 Å². The zero-order chi connectivity index (χ0) is 16.0. The maximum absolute atomic E-state index is 6.45. The second-order valence-electron chi connectivity index (χ2n) is 4.85. The number of hydrogen-bond donors (Lipinski definition) is 1. The molecule has 0 saturated heterocycles. The molecular weight excluding hydrogens is 418 g/mol. The summed E-state index contributed by atoms with van der Waals surface area (Å²) >= 11 is -4.48. The Labute approximate surface area is 147 Å². The Morgan fingerprint density at radius 2 is 0.739 bits per heavy atom. The average molecular weight is 435 g/mol. The molecule has 2 N–H and O–H groups in total. The molecule has 4 nitrogen and oxygen atoms in total. The van der Waals surface area contributed by atoms with Gasteiger partial charge in [-0.25, -0.2) is 0 Å². The van der Waals surface area contributed by atoms with Gasteiger partial charge in [0.25, 0.3) is 0 Å². The molecule has 0 unspecified atom stereocenters. The van der Waals surface area contributed by atoms with Crippen LogP contribution in [0.5, 0.6) is 17.2 Å². The van der Waals surface area contributed by atoms with E-state index >= 15 is 0 Å². The molecule has 0 saturated carbocycles. The summed E-state index contributed by atoms with van der Waals surface area (Å²) in [5.41, 5.74) is 0. The van der Waals surface area contributed by atoms with Crippen LogP contribution in [0.25, 0.3) is 0 Å². The fourth-order valence-electron chi connectivity index (χ4n) is 2.02. The summed E-state index contributed by atoms with van der Waals surface area (Å²) in [6.45, 7) is 0. The van der Waals surface area contributed by atoms with Gasteiger partial charge in [-0.2, -0.15) is 0 Å². The summed E-state index contributed by atoms with van der Waals surface area (Å²) in [5, 5.41) is 0. The first-order valence-corrected chi connectivity index (χ1v) is 12.9. The summed E-state index contributed by atoms with van der Waals surface area (Å²) < 4.78 is 24.3. The molecule has 0 heterocycles. The van der Waals surface area contributed by atoms with Gasteiger partial charge in [-0.1, -0.05) is 0 Å². The van der Waals surface area contributed by atoms with Gasteiger partial charge in [-0.15, -0.1) is 0 Å². The summed E-state index contributed by atoms with van der Waals surface area (Å²) in [6.07, 6.45) is 0. The van der Waals surface area contributed by atoms with Crippen LogP contribution < -0.4 is 4.55 Å². The molecule has 0 atom stereocenters. The fourth-order valence-corrected chi connectivity index (χ4v) is 6.79. The molecule has 0 bridgehead atoms. The first-order valence-electron chi connectivity index (χ1n) is 7.25. The van der Waals surface area contributed by atoms with Crippen molar-refractivity contribution in [2.75, 3.05) is 0 Å². The minimum absolute atomic E-state index is 0.642. The Hall–Kier alpha value is -1.60. The van der Waals surface area contributed by atoms with Crippen molar-refractivity contribution >= 4 is 0 Å². The number of benzene rings is 3. The Kier molecular flexibility index (Phi) is 5.50. The molecule has 0 spiro atoms. The van der Waals surface area contributed by atoms with Crippen LogP contribution in [0, 0.1) is 35.5 Å². The van der Waals surface area contributed by atoms with Gasteiger partial charge in [0.15, 0.2) is 0 Å². The number of nitrogens with two attached hydrogens (primary N) is 1. The van der Waals surface area contributed by atoms with Crippen LogP contribution in [-0.2, 0) is 0 Å². The zero-order valence-electron chi connectivity index (χ0n) is 12.5. The third kappa shape index (κ3) is 4.94. The normalized spacial score (nSPS) is 10.8. The summed E-state index contributed by atoms with van der Waals surface area (Å²) in [7, 11) is 0. The molecule has 3 aromatic carbocycles. The Morgan fingerprint density at radius 3 is 1.00 bits per heavy atom. The molecule has 23 heavy (non-hydrogen) atoms. The van der Waals surface area contributed by atoms with Crippen LogP contribution in [0.1, 0.15) is 0 Å². The predicted octanol–water partition coefficient (Wildman–Crippen LogP) is 4.00. The van der Waals surface area contributed by atoms with E-state index in [1.807, 2.05) is 91.0 Å². The third-order valence-corrected chi connectivity index (χ3v) is 7.91.